The predicted octanol–water partition coefficient (Wildman–Crippen LogP) is 1.50. The van der Waals surface area contributed by atoms with Crippen molar-refractivity contribution in [2.75, 3.05) is 44.8 Å². The lowest BCUT2D eigenvalue weighted by Crippen LogP contribution is -2.54. The normalized spacial score (nSPS) is 20.3. The van der Waals surface area contributed by atoms with Crippen LogP contribution in [0.15, 0.2) is 18.6 Å². The number of fused-ring (bicyclic) bond motifs is 1. The molecular formula is C15H23N5O. The number of methoxy groups -OCH3 is 1. The minimum atomic E-state index is 0.554. The van der Waals surface area contributed by atoms with E-state index < -0.39 is 0 Å². The van der Waals surface area contributed by atoms with Crippen LogP contribution in [0.3, 0.4) is 0 Å². The molecule has 1 fully saturated rings. The van der Waals surface area contributed by atoms with E-state index in [-0.39, 0.29) is 0 Å². The van der Waals surface area contributed by atoms with Crippen molar-refractivity contribution in [3.8, 4) is 0 Å². The molecule has 0 amide bonds. The summed E-state index contributed by atoms with van der Waals surface area (Å²) in [5, 5.41) is 1.11. The first-order valence-corrected chi connectivity index (χ1v) is 7.59. The summed E-state index contributed by atoms with van der Waals surface area (Å²) in [6, 6.07) is 2.61. The molecule has 0 aliphatic carbocycles. The van der Waals surface area contributed by atoms with E-state index in [1.54, 1.807) is 13.4 Å². The van der Waals surface area contributed by atoms with E-state index in [0.717, 1.165) is 56.1 Å². The molecule has 114 valence electrons. The van der Waals surface area contributed by atoms with E-state index in [9.17, 15) is 0 Å². The molecule has 1 aliphatic heterocycles. The molecule has 2 aromatic rings. The molecule has 3 heterocycles. The van der Waals surface area contributed by atoms with Gasteiger partial charge in [0.25, 0.3) is 0 Å². The molecule has 2 aromatic heterocycles. The van der Waals surface area contributed by atoms with Gasteiger partial charge < -0.3 is 14.6 Å². The maximum absolute atomic E-state index is 5.22. The van der Waals surface area contributed by atoms with E-state index in [0.29, 0.717) is 6.04 Å². The first-order chi connectivity index (χ1) is 10.3. The number of anilines is 1. The quantitative estimate of drug-likeness (QED) is 0.904. The second-order valence-electron chi connectivity index (χ2n) is 5.47. The van der Waals surface area contributed by atoms with Gasteiger partial charge in [-0.1, -0.05) is 6.92 Å². The van der Waals surface area contributed by atoms with Gasteiger partial charge >= 0.3 is 0 Å². The summed E-state index contributed by atoms with van der Waals surface area (Å²) < 4.78 is 5.22. The molecule has 21 heavy (non-hydrogen) atoms. The van der Waals surface area contributed by atoms with Crippen molar-refractivity contribution in [2.24, 2.45) is 0 Å². The monoisotopic (exact) mass is 289 g/mol. The average Bonchev–Trinajstić information content (AvgIpc) is 3.01. The fourth-order valence-corrected chi connectivity index (χ4v) is 3.09. The van der Waals surface area contributed by atoms with Crippen molar-refractivity contribution < 1.29 is 4.74 Å². The summed E-state index contributed by atoms with van der Waals surface area (Å²) in [4.78, 5) is 16.8. The van der Waals surface area contributed by atoms with Gasteiger partial charge in [-0.25, -0.2) is 9.97 Å². The fourth-order valence-electron chi connectivity index (χ4n) is 3.09. The highest BCUT2D eigenvalue weighted by atomic mass is 16.5. The minimum Gasteiger partial charge on any atom is -0.383 e. The molecule has 6 heteroatoms. The van der Waals surface area contributed by atoms with Gasteiger partial charge in [0.2, 0.25) is 0 Å². The van der Waals surface area contributed by atoms with Crippen molar-refractivity contribution >= 4 is 16.9 Å². The number of hydrogen-bond donors (Lipinski definition) is 1. The van der Waals surface area contributed by atoms with Gasteiger partial charge in [-0.2, -0.15) is 0 Å². The Bertz CT molecular complexity index is 584. The minimum absolute atomic E-state index is 0.554. The number of piperazine rings is 1. The van der Waals surface area contributed by atoms with E-state index in [1.165, 1.54) is 0 Å². The van der Waals surface area contributed by atoms with Crippen LogP contribution >= 0.6 is 0 Å². The first kappa shape index (κ1) is 14.3. The van der Waals surface area contributed by atoms with Crippen LogP contribution in [0.1, 0.15) is 13.3 Å². The number of aromatic nitrogens is 3. The molecule has 0 spiro atoms. The van der Waals surface area contributed by atoms with E-state index >= 15 is 0 Å². The number of ether oxygens (including phenoxy) is 1. The lowest BCUT2D eigenvalue weighted by atomic mass is 10.1. The molecule has 0 bridgehead atoms. The second kappa shape index (κ2) is 6.41. The highest BCUT2D eigenvalue weighted by Crippen LogP contribution is 2.25. The lowest BCUT2D eigenvalue weighted by molar-refractivity contribution is 0.109. The van der Waals surface area contributed by atoms with Gasteiger partial charge in [0.15, 0.2) is 0 Å². The van der Waals surface area contributed by atoms with Crippen LogP contribution in [-0.2, 0) is 4.74 Å². The number of H-pyrrole nitrogens is 1. The third-order valence-corrected chi connectivity index (χ3v) is 4.29. The van der Waals surface area contributed by atoms with Crippen LogP contribution in [0, 0.1) is 0 Å². The lowest BCUT2D eigenvalue weighted by Gasteiger charge is -2.41. The van der Waals surface area contributed by atoms with Crippen LogP contribution < -0.4 is 4.90 Å². The molecule has 3 rings (SSSR count). The maximum atomic E-state index is 5.22. The maximum Gasteiger partial charge on any atom is 0.142 e. The zero-order valence-electron chi connectivity index (χ0n) is 12.7. The molecule has 1 aliphatic rings. The van der Waals surface area contributed by atoms with Crippen molar-refractivity contribution in [3.05, 3.63) is 18.6 Å². The largest absolute Gasteiger partial charge is 0.383 e. The molecule has 1 unspecified atom stereocenters. The summed E-state index contributed by atoms with van der Waals surface area (Å²) in [5.74, 6) is 1.05. The first-order valence-electron chi connectivity index (χ1n) is 7.59. The van der Waals surface area contributed by atoms with Crippen LogP contribution in [0.2, 0.25) is 0 Å². The Labute approximate surface area is 125 Å². The topological polar surface area (TPSA) is 57.3 Å². The second-order valence-corrected chi connectivity index (χ2v) is 5.47. The van der Waals surface area contributed by atoms with Crippen LogP contribution in [0.25, 0.3) is 11.0 Å². The highest BCUT2D eigenvalue weighted by molar-refractivity contribution is 5.87. The molecule has 0 aromatic carbocycles. The van der Waals surface area contributed by atoms with E-state index in [2.05, 4.69) is 37.7 Å². The number of hydrogen-bond acceptors (Lipinski definition) is 5. The Kier molecular flexibility index (Phi) is 4.36. The third-order valence-electron chi connectivity index (χ3n) is 4.29. The van der Waals surface area contributed by atoms with Crippen molar-refractivity contribution in [1.29, 1.82) is 0 Å². The van der Waals surface area contributed by atoms with Gasteiger partial charge in [0.1, 0.15) is 17.8 Å². The zero-order chi connectivity index (χ0) is 14.7. The summed E-state index contributed by atoms with van der Waals surface area (Å²) in [5.41, 5.74) is 0.912. The molecule has 1 atom stereocenters. The van der Waals surface area contributed by atoms with Crippen molar-refractivity contribution in [3.63, 3.8) is 0 Å². The van der Waals surface area contributed by atoms with Crippen LogP contribution in [0.4, 0.5) is 5.82 Å². The Balaban J connectivity index is 1.77. The van der Waals surface area contributed by atoms with E-state index in [1.807, 2.05) is 6.20 Å². The predicted molar refractivity (Wildman–Crippen MR) is 83.6 cm³/mol. The van der Waals surface area contributed by atoms with Gasteiger partial charge in [0.05, 0.1) is 12.0 Å². The summed E-state index contributed by atoms with van der Waals surface area (Å²) in [6.07, 6.45) is 4.71. The van der Waals surface area contributed by atoms with E-state index in [4.69, 9.17) is 4.74 Å². The number of nitrogens with one attached hydrogen (secondary N) is 1. The molecule has 6 nitrogen and oxygen atoms in total. The zero-order valence-corrected chi connectivity index (χ0v) is 12.7. The Morgan fingerprint density at radius 1 is 1.38 bits per heavy atom. The van der Waals surface area contributed by atoms with Crippen molar-refractivity contribution in [2.45, 2.75) is 19.4 Å². The molecule has 1 saturated heterocycles. The molecule has 0 radical (unpaired) electrons. The number of aromatic amines is 1. The van der Waals surface area contributed by atoms with Gasteiger partial charge in [-0.05, 0) is 12.5 Å². The summed E-state index contributed by atoms with van der Waals surface area (Å²) in [7, 11) is 1.76. The van der Waals surface area contributed by atoms with Crippen molar-refractivity contribution in [1.82, 2.24) is 19.9 Å². The number of nitrogens with zero attached hydrogens (tertiary/aromatic N) is 4. The molecule has 1 N–H and O–H groups in total. The average molecular weight is 289 g/mol. The Morgan fingerprint density at radius 3 is 3.10 bits per heavy atom. The molecule has 0 saturated carbocycles. The number of rotatable bonds is 5. The van der Waals surface area contributed by atoms with Crippen LogP contribution in [0.5, 0.6) is 0 Å². The summed E-state index contributed by atoms with van der Waals surface area (Å²) >= 11 is 0. The van der Waals surface area contributed by atoms with Gasteiger partial charge in [0, 0.05) is 45.5 Å². The highest BCUT2D eigenvalue weighted by Gasteiger charge is 2.27. The fraction of sp³-hybridized carbons (Fsp3) is 0.600. The summed E-state index contributed by atoms with van der Waals surface area (Å²) in [6.45, 7) is 7.12. The van der Waals surface area contributed by atoms with Crippen LogP contribution in [-0.4, -0.2) is 65.8 Å². The SMILES string of the molecule is CCC1CN(c2ncnc3[nH]ccc23)CCN1CCOC. The van der Waals surface area contributed by atoms with Gasteiger partial charge in [-0.3, -0.25) is 4.90 Å². The standard InChI is InChI=1S/C15H23N5O/c1-3-12-10-20(7-6-19(12)8-9-21-2)15-13-4-5-16-14(13)17-11-18-15/h4-5,11-12H,3,6-10H2,1-2H3,(H,16,17,18). The Morgan fingerprint density at radius 2 is 2.29 bits per heavy atom. The third kappa shape index (κ3) is 2.87. The Hall–Kier alpha value is -1.66. The smallest absolute Gasteiger partial charge is 0.142 e. The molecular weight excluding hydrogens is 266 g/mol. The van der Waals surface area contributed by atoms with Gasteiger partial charge in [-0.15, -0.1) is 0 Å².